The number of aryl methyl sites for hydroxylation is 1. The zero-order valence-electron chi connectivity index (χ0n) is 17.8. The Bertz CT molecular complexity index is 1170. The summed E-state index contributed by atoms with van der Waals surface area (Å²) in [6, 6.07) is 12.9. The van der Waals surface area contributed by atoms with Gasteiger partial charge in [0.2, 0.25) is 0 Å². The second-order valence-corrected chi connectivity index (χ2v) is 8.23. The minimum Gasteiger partial charge on any atom is -0.327 e. The molecule has 2 heterocycles. The van der Waals surface area contributed by atoms with Crippen LogP contribution in [0, 0.1) is 13.8 Å². The van der Waals surface area contributed by atoms with E-state index < -0.39 is 6.03 Å². The number of para-hydroxylation sites is 2. The molecule has 0 unspecified atom stereocenters. The molecule has 4 rings (SSSR count). The molecular weight excluding hydrogens is 394 g/mol. The number of H-pyrrole nitrogens is 1. The molecule has 0 saturated carbocycles. The van der Waals surface area contributed by atoms with Gasteiger partial charge < -0.3 is 15.2 Å². The number of carbonyl (C=O) groups is 2. The second-order valence-electron chi connectivity index (χ2n) is 8.23. The van der Waals surface area contributed by atoms with E-state index >= 15 is 0 Å². The van der Waals surface area contributed by atoms with Crippen LogP contribution in [0.1, 0.15) is 30.0 Å². The molecule has 1 aromatic heterocycles. The normalized spacial score (nSPS) is 18.6. The number of fused-ring (bicyclic) bond motifs is 1. The van der Waals surface area contributed by atoms with E-state index in [-0.39, 0.29) is 24.2 Å². The molecule has 0 atom stereocenters. The molecule has 8 nitrogen and oxygen atoms in total. The smallest absolute Gasteiger partial charge is 0.326 e. The van der Waals surface area contributed by atoms with Gasteiger partial charge in [-0.15, -0.1) is 0 Å². The molecule has 4 N–H and O–H groups in total. The molecule has 162 valence electrons. The molecule has 31 heavy (non-hydrogen) atoms. The quantitative estimate of drug-likeness (QED) is 0.513. The number of imidazole rings is 1. The lowest BCUT2D eigenvalue weighted by atomic mass is 10.0. The van der Waals surface area contributed by atoms with Crippen molar-refractivity contribution in [1.82, 2.24) is 14.9 Å². The van der Waals surface area contributed by atoms with Gasteiger partial charge in [0, 0.05) is 24.6 Å². The van der Waals surface area contributed by atoms with Crippen molar-refractivity contribution in [3.05, 3.63) is 64.1 Å². The summed E-state index contributed by atoms with van der Waals surface area (Å²) in [6.45, 7) is 5.67. The van der Waals surface area contributed by atoms with Gasteiger partial charge in [0.05, 0.1) is 24.1 Å². The Hall–Kier alpha value is -3.39. The largest absolute Gasteiger partial charge is 0.327 e. The number of aromatic nitrogens is 2. The summed E-state index contributed by atoms with van der Waals surface area (Å²) in [4.78, 5) is 41.0. The van der Waals surface area contributed by atoms with Crippen LogP contribution in [0.2, 0.25) is 0 Å². The number of hydrogen-bond donors (Lipinski definition) is 4. The Labute approximate surface area is 180 Å². The lowest BCUT2D eigenvalue weighted by Crippen LogP contribution is -3.14. The molecule has 1 saturated heterocycles. The maximum Gasteiger partial charge on any atom is 0.326 e. The van der Waals surface area contributed by atoms with E-state index in [1.807, 2.05) is 60.9 Å². The number of benzene rings is 2. The summed E-state index contributed by atoms with van der Waals surface area (Å²) < 4.78 is 1.84. The van der Waals surface area contributed by atoms with Gasteiger partial charge in [0.15, 0.2) is 6.54 Å². The number of carbonyl (C=O) groups excluding carboxylic acids is 2. The number of amides is 3. The third kappa shape index (κ3) is 4.54. The highest BCUT2D eigenvalue weighted by Crippen LogP contribution is 2.20. The number of nitrogens with zero attached hydrogens (tertiary/aromatic N) is 1. The molecule has 2 aromatic carbocycles. The van der Waals surface area contributed by atoms with Crippen molar-refractivity contribution in [1.29, 1.82) is 0 Å². The second kappa shape index (κ2) is 8.77. The molecule has 0 aliphatic carbocycles. The average Bonchev–Trinajstić information content (AvgIpc) is 3.07. The van der Waals surface area contributed by atoms with Crippen LogP contribution in [0.5, 0.6) is 0 Å². The van der Waals surface area contributed by atoms with Gasteiger partial charge in [0.25, 0.3) is 5.91 Å². The monoisotopic (exact) mass is 422 g/mol. The predicted octanol–water partition coefficient (Wildman–Crippen LogP) is 1.51. The molecule has 8 heteroatoms. The molecule has 1 aliphatic rings. The van der Waals surface area contributed by atoms with E-state index in [0.717, 1.165) is 53.0 Å². The summed E-state index contributed by atoms with van der Waals surface area (Å²) in [5, 5.41) is 5.17. The first-order chi connectivity index (χ1) is 14.9. The maximum atomic E-state index is 12.4. The van der Waals surface area contributed by atoms with Crippen molar-refractivity contribution in [3.63, 3.8) is 0 Å². The summed E-state index contributed by atoms with van der Waals surface area (Å²) >= 11 is 0. The number of imide groups is 1. The molecular formula is C23H28N5O3+. The lowest BCUT2D eigenvalue weighted by molar-refractivity contribution is -0.897. The van der Waals surface area contributed by atoms with E-state index in [4.69, 9.17) is 0 Å². The zero-order valence-corrected chi connectivity index (χ0v) is 17.8. The summed E-state index contributed by atoms with van der Waals surface area (Å²) in [6.07, 6.45) is 1.61. The van der Waals surface area contributed by atoms with E-state index in [1.165, 1.54) is 0 Å². The topological polar surface area (TPSA) is 100 Å². The van der Waals surface area contributed by atoms with Crippen LogP contribution in [0.15, 0.2) is 47.3 Å². The number of urea groups is 1. The van der Waals surface area contributed by atoms with Crippen LogP contribution in [0.3, 0.4) is 0 Å². The summed E-state index contributed by atoms with van der Waals surface area (Å²) in [5.74, 6) is -0.305. The van der Waals surface area contributed by atoms with Gasteiger partial charge in [-0.25, -0.2) is 9.59 Å². The fraction of sp³-hybridized carbons (Fsp3) is 0.348. The molecule has 3 amide bonds. The highest BCUT2D eigenvalue weighted by atomic mass is 16.2. The Balaban J connectivity index is 1.30. The van der Waals surface area contributed by atoms with Crippen LogP contribution < -0.4 is 21.2 Å². The number of aromatic amines is 1. The number of nitrogens with one attached hydrogen (secondary N) is 4. The molecule has 3 aromatic rings. The van der Waals surface area contributed by atoms with Gasteiger partial charge >= 0.3 is 11.7 Å². The molecule has 0 spiro atoms. The van der Waals surface area contributed by atoms with Crippen LogP contribution in [-0.4, -0.2) is 41.1 Å². The van der Waals surface area contributed by atoms with E-state index in [9.17, 15) is 14.4 Å². The Morgan fingerprint density at radius 1 is 1.10 bits per heavy atom. The fourth-order valence-corrected chi connectivity index (χ4v) is 4.32. The van der Waals surface area contributed by atoms with Crippen molar-refractivity contribution in [3.8, 4) is 0 Å². The van der Waals surface area contributed by atoms with Gasteiger partial charge in [-0.3, -0.25) is 14.7 Å². The number of hydrogen-bond acceptors (Lipinski definition) is 3. The Kier molecular flexibility index (Phi) is 5.90. The predicted molar refractivity (Wildman–Crippen MR) is 119 cm³/mol. The van der Waals surface area contributed by atoms with Crippen molar-refractivity contribution in [2.45, 2.75) is 32.7 Å². The first kappa shape index (κ1) is 20.9. The summed E-state index contributed by atoms with van der Waals surface area (Å²) in [5.41, 5.74) is 4.42. The van der Waals surface area contributed by atoms with Crippen LogP contribution in [0.25, 0.3) is 11.0 Å². The Morgan fingerprint density at radius 2 is 1.84 bits per heavy atom. The highest BCUT2D eigenvalue weighted by Gasteiger charge is 2.27. The maximum absolute atomic E-state index is 12.4. The fourth-order valence-electron chi connectivity index (χ4n) is 4.32. The minimum absolute atomic E-state index is 0.0875. The number of anilines is 1. The number of piperidine rings is 1. The average molecular weight is 423 g/mol. The lowest BCUT2D eigenvalue weighted by Gasteiger charge is -2.29. The zero-order chi connectivity index (χ0) is 22.0. The number of likely N-dealkylation sites (tertiary alicyclic amines) is 1. The van der Waals surface area contributed by atoms with Crippen molar-refractivity contribution >= 4 is 28.7 Å². The third-order valence-corrected chi connectivity index (χ3v) is 6.17. The third-order valence-electron chi connectivity index (χ3n) is 6.17. The van der Waals surface area contributed by atoms with Gasteiger partial charge in [-0.05, 0) is 43.2 Å². The van der Waals surface area contributed by atoms with Crippen molar-refractivity contribution < 1.29 is 14.5 Å². The number of rotatable bonds is 4. The van der Waals surface area contributed by atoms with Crippen molar-refractivity contribution in [2.24, 2.45) is 0 Å². The van der Waals surface area contributed by atoms with Crippen LogP contribution >= 0.6 is 0 Å². The van der Waals surface area contributed by atoms with E-state index in [2.05, 4.69) is 15.6 Å². The van der Waals surface area contributed by atoms with Gasteiger partial charge in [-0.2, -0.15) is 0 Å². The standard InChI is InChI=1S/C23H27N5O3/c1-15-6-5-8-18(16(15)2)24-22(30)26-21(29)14-27-12-10-17(11-13-27)28-20-9-4-3-7-19(20)25-23(28)31/h3-9,17H,10-14H2,1-2H3,(H,25,31)(H2,24,26,29,30)/p+1. The number of quaternary nitrogens is 1. The SMILES string of the molecule is Cc1cccc(NC(=O)NC(=O)C[NH+]2CCC(n3c(=O)[nH]c4ccccc43)CC2)c1C. The first-order valence-electron chi connectivity index (χ1n) is 10.6. The highest BCUT2D eigenvalue weighted by molar-refractivity contribution is 6.01. The van der Waals surface area contributed by atoms with E-state index in [0.29, 0.717) is 5.69 Å². The summed E-state index contributed by atoms with van der Waals surface area (Å²) in [7, 11) is 0. The molecule has 1 fully saturated rings. The molecule has 0 radical (unpaired) electrons. The van der Waals surface area contributed by atoms with Crippen molar-refractivity contribution in [2.75, 3.05) is 25.0 Å². The Morgan fingerprint density at radius 3 is 2.61 bits per heavy atom. The van der Waals surface area contributed by atoms with E-state index in [1.54, 1.807) is 0 Å². The minimum atomic E-state index is -0.515. The van der Waals surface area contributed by atoms with Gasteiger partial charge in [-0.1, -0.05) is 24.3 Å². The van der Waals surface area contributed by atoms with Crippen LogP contribution in [0.4, 0.5) is 10.5 Å². The van der Waals surface area contributed by atoms with Gasteiger partial charge in [0.1, 0.15) is 0 Å². The molecule has 1 aliphatic heterocycles. The van der Waals surface area contributed by atoms with Crippen LogP contribution in [-0.2, 0) is 4.79 Å². The first-order valence-corrected chi connectivity index (χ1v) is 10.6. The molecule has 0 bridgehead atoms.